The molecule has 37 heavy (non-hydrogen) atoms. The molecule has 1 aromatic carbocycles. The van der Waals surface area contributed by atoms with E-state index in [1.54, 1.807) is 40.6 Å². The van der Waals surface area contributed by atoms with Crippen molar-refractivity contribution in [3.63, 3.8) is 0 Å². The Morgan fingerprint density at radius 1 is 1.30 bits per heavy atom. The standard InChI is InChI=1S/C29H38N2O5S/c1-7-9-14-36-28(35)22-21-15-19(5)29(37-21)23(22)26(33)31(20(6)16-32)25(29)27(34)30(13-8-2)24-17(3)11-10-12-18(24)4/h7-8,10-12,19-23,25,32H,1-2,9,13-16H2,3-6H3/t19?,20-,21-,22+,23+,25?,29?/m1/s1. The lowest BCUT2D eigenvalue weighted by atomic mass is 9.66. The number of carbonyl (C=O) groups is 3. The van der Waals surface area contributed by atoms with Gasteiger partial charge in [0.15, 0.2) is 0 Å². The largest absolute Gasteiger partial charge is 0.465 e. The van der Waals surface area contributed by atoms with Gasteiger partial charge in [-0.2, -0.15) is 0 Å². The number of nitrogens with zero attached hydrogens (tertiary/aromatic N) is 2. The second kappa shape index (κ2) is 10.7. The van der Waals surface area contributed by atoms with E-state index in [0.29, 0.717) is 6.42 Å². The smallest absolute Gasteiger partial charge is 0.310 e. The maximum absolute atomic E-state index is 14.6. The van der Waals surface area contributed by atoms with Crippen molar-refractivity contribution in [2.24, 2.45) is 17.8 Å². The van der Waals surface area contributed by atoms with Crippen LogP contribution < -0.4 is 4.90 Å². The number of rotatable bonds is 10. The van der Waals surface area contributed by atoms with Gasteiger partial charge in [-0.15, -0.1) is 24.9 Å². The summed E-state index contributed by atoms with van der Waals surface area (Å²) >= 11 is 1.61. The highest BCUT2D eigenvalue weighted by Crippen LogP contribution is 2.69. The summed E-state index contributed by atoms with van der Waals surface area (Å²) < 4.78 is 4.78. The van der Waals surface area contributed by atoms with E-state index in [1.165, 1.54) is 0 Å². The van der Waals surface area contributed by atoms with Gasteiger partial charge in [0.1, 0.15) is 6.04 Å². The topological polar surface area (TPSA) is 87.1 Å². The average molecular weight is 527 g/mol. The molecule has 0 radical (unpaired) electrons. The zero-order valence-electron chi connectivity index (χ0n) is 22.2. The van der Waals surface area contributed by atoms with E-state index in [1.807, 2.05) is 32.0 Å². The molecule has 1 N–H and O–H groups in total. The Bertz CT molecular complexity index is 1090. The number of ether oxygens (including phenoxy) is 1. The number of carbonyl (C=O) groups excluding carboxylic acids is 3. The number of thioether (sulfide) groups is 1. The van der Waals surface area contributed by atoms with Gasteiger partial charge in [-0.05, 0) is 50.7 Å². The average Bonchev–Trinajstić information content (AvgIpc) is 3.46. The summed E-state index contributed by atoms with van der Waals surface area (Å²) in [5.41, 5.74) is 2.72. The van der Waals surface area contributed by atoms with Gasteiger partial charge in [0.05, 0.1) is 35.8 Å². The van der Waals surface area contributed by atoms with Gasteiger partial charge < -0.3 is 19.6 Å². The van der Waals surface area contributed by atoms with Crippen LogP contribution >= 0.6 is 11.8 Å². The minimum absolute atomic E-state index is 0.0297. The van der Waals surface area contributed by atoms with Crippen molar-refractivity contribution in [1.82, 2.24) is 4.90 Å². The van der Waals surface area contributed by atoms with Crippen LogP contribution in [-0.4, -0.2) is 69.6 Å². The van der Waals surface area contributed by atoms with Gasteiger partial charge >= 0.3 is 5.97 Å². The third-order valence-electron chi connectivity index (χ3n) is 8.28. The highest BCUT2D eigenvalue weighted by molar-refractivity contribution is 8.02. The van der Waals surface area contributed by atoms with Crippen LogP contribution in [0, 0.1) is 31.6 Å². The Kier molecular flexibility index (Phi) is 7.91. The summed E-state index contributed by atoms with van der Waals surface area (Å²) in [5.74, 6) is -2.08. The Hall–Kier alpha value is -2.58. The zero-order chi connectivity index (χ0) is 27.1. The molecule has 8 heteroatoms. The summed E-state index contributed by atoms with van der Waals surface area (Å²) in [6, 6.07) is 4.50. The first kappa shape index (κ1) is 27.5. The number of hydrogen-bond acceptors (Lipinski definition) is 6. The number of para-hydroxylation sites is 1. The third kappa shape index (κ3) is 4.22. The Morgan fingerprint density at radius 2 is 1.97 bits per heavy atom. The van der Waals surface area contributed by atoms with Crippen LogP contribution in [0.15, 0.2) is 43.5 Å². The molecular weight excluding hydrogens is 488 g/mol. The Labute approximate surface area is 223 Å². The molecule has 2 amide bonds. The van der Waals surface area contributed by atoms with Crippen LogP contribution in [0.5, 0.6) is 0 Å². The van der Waals surface area contributed by atoms with E-state index >= 15 is 0 Å². The molecule has 3 unspecified atom stereocenters. The fraction of sp³-hybridized carbons (Fsp3) is 0.552. The summed E-state index contributed by atoms with van der Waals surface area (Å²) in [4.78, 5) is 45.3. The minimum atomic E-state index is -0.818. The van der Waals surface area contributed by atoms with E-state index in [-0.39, 0.29) is 48.7 Å². The summed E-state index contributed by atoms with van der Waals surface area (Å²) in [5, 5.41) is 10.0. The van der Waals surface area contributed by atoms with Crippen molar-refractivity contribution in [1.29, 1.82) is 0 Å². The molecular formula is C29H38N2O5S. The lowest BCUT2D eigenvalue weighted by Gasteiger charge is -2.42. The molecule has 7 nitrogen and oxygen atoms in total. The number of anilines is 1. The molecule has 2 bridgehead atoms. The van der Waals surface area contributed by atoms with Gasteiger partial charge in [0, 0.05) is 17.5 Å². The van der Waals surface area contributed by atoms with E-state index in [2.05, 4.69) is 20.1 Å². The van der Waals surface area contributed by atoms with Crippen molar-refractivity contribution in [2.45, 2.75) is 62.6 Å². The molecule has 7 atom stereocenters. The van der Waals surface area contributed by atoms with E-state index < -0.39 is 28.7 Å². The number of aryl methyl sites for hydroxylation is 2. The van der Waals surface area contributed by atoms with Gasteiger partial charge in [-0.3, -0.25) is 14.4 Å². The molecule has 4 rings (SSSR count). The number of fused-ring (bicyclic) bond motifs is 1. The zero-order valence-corrected chi connectivity index (χ0v) is 23.0. The lowest BCUT2D eigenvalue weighted by Crippen LogP contribution is -2.59. The van der Waals surface area contributed by atoms with Crippen molar-refractivity contribution in [3.05, 3.63) is 54.6 Å². The molecule has 3 fully saturated rings. The van der Waals surface area contributed by atoms with E-state index in [9.17, 15) is 19.5 Å². The summed E-state index contributed by atoms with van der Waals surface area (Å²) in [6.07, 6.45) is 4.65. The van der Waals surface area contributed by atoms with Crippen LogP contribution in [0.3, 0.4) is 0 Å². The molecule has 0 aliphatic carbocycles. The third-order valence-corrected chi connectivity index (χ3v) is 10.4. The number of amides is 2. The number of aliphatic hydroxyl groups is 1. The van der Waals surface area contributed by atoms with Crippen LogP contribution in [0.25, 0.3) is 0 Å². The monoisotopic (exact) mass is 526 g/mol. The highest BCUT2D eigenvalue weighted by atomic mass is 32.2. The predicted molar refractivity (Wildman–Crippen MR) is 146 cm³/mol. The predicted octanol–water partition coefficient (Wildman–Crippen LogP) is 3.66. The van der Waals surface area contributed by atoms with Crippen molar-refractivity contribution >= 4 is 35.2 Å². The molecule has 200 valence electrons. The van der Waals surface area contributed by atoms with Gasteiger partial charge in [0.2, 0.25) is 5.91 Å². The number of likely N-dealkylation sites (tertiary alicyclic amines) is 1. The SMILES string of the molecule is C=CCCOC(=O)[C@@H]1[C@H]2C(=O)N([C@H](C)CO)C(C(=O)N(CC=C)c3c(C)cccc3C)C23S[C@@H]1CC3C. The maximum Gasteiger partial charge on any atom is 0.310 e. The lowest BCUT2D eigenvalue weighted by molar-refractivity contribution is -0.154. The van der Waals surface area contributed by atoms with Crippen LogP contribution in [0.1, 0.15) is 37.8 Å². The van der Waals surface area contributed by atoms with Crippen LogP contribution in [-0.2, 0) is 19.1 Å². The van der Waals surface area contributed by atoms with E-state index in [0.717, 1.165) is 23.2 Å². The fourth-order valence-corrected chi connectivity index (χ4v) is 9.10. The highest BCUT2D eigenvalue weighted by Gasteiger charge is 2.77. The minimum Gasteiger partial charge on any atom is -0.465 e. The molecule has 3 aliphatic rings. The van der Waals surface area contributed by atoms with Crippen LogP contribution in [0.4, 0.5) is 5.69 Å². The van der Waals surface area contributed by atoms with Crippen molar-refractivity contribution in [3.8, 4) is 0 Å². The Morgan fingerprint density at radius 3 is 2.57 bits per heavy atom. The van der Waals surface area contributed by atoms with Crippen LogP contribution in [0.2, 0.25) is 0 Å². The van der Waals surface area contributed by atoms with Crippen molar-refractivity contribution < 1.29 is 24.2 Å². The molecule has 1 aromatic rings. The van der Waals surface area contributed by atoms with Gasteiger partial charge in [-0.25, -0.2) is 0 Å². The number of esters is 1. The number of hydrogen-bond donors (Lipinski definition) is 1. The fourth-order valence-electron chi connectivity index (χ4n) is 6.71. The normalized spacial score (nSPS) is 30.7. The second-order valence-electron chi connectivity index (χ2n) is 10.6. The molecule has 3 heterocycles. The Balaban J connectivity index is 1.82. The molecule has 3 saturated heterocycles. The van der Waals surface area contributed by atoms with Gasteiger partial charge in [-0.1, -0.05) is 37.3 Å². The second-order valence-corrected chi connectivity index (χ2v) is 12.1. The molecule has 0 saturated carbocycles. The van der Waals surface area contributed by atoms with Crippen molar-refractivity contribution in [2.75, 3.05) is 24.7 Å². The first-order valence-electron chi connectivity index (χ1n) is 13.0. The van der Waals surface area contributed by atoms with Gasteiger partial charge in [0.25, 0.3) is 5.91 Å². The van der Waals surface area contributed by atoms with E-state index in [4.69, 9.17) is 4.74 Å². The summed E-state index contributed by atoms with van der Waals surface area (Å²) in [7, 11) is 0. The quantitative estimate of drug-likeness (QED) is 0.285. The first-order valence-corrected chi connectivity index (χ1v) is 13.9. The first-order chi connectivity index (χ1) is 17.6. The molecule has 3 aliphatic heterocycles. The molecule has 1 spiro atoms. The summed E-state index contributed by atoms with van der Waals surface area (Å²) in [6.45, 7) is 15.6. The number of benzene rings is 1. The maximum atomic E-state index is 14.6. The molecule has 0 aromatic heterocycles. The number of aliphatic hydroxyl groups excluding tert-OH is 1.